The molecule has 16 heavy (non-hydrogen) atoms. The molecule has 2 aromatic carbocycles. The van der Waals surface area contributed by atoms with E-state index in [4.69, 9.17) is 5.26 Å². The van der Waals surface area contributed by atoms with Gasteiger partial charge in [-0.3, -0.25) is 0 Å². The molecule has 78 valence electrons. The molecule has 2 heteroatoms. The van der Waals surface area contributed by atoms with Crippen molar-refractivity contribution in [3.63, 3.8) is 0 Å². The van der Waals surface area contributed by atoms with Crippen LogP contribution < -0.4 is 0 Å². The molecule has 0 fully saturated rings. The third kappa shape index (κ3) is 1.94. The number of hydrogen-bond acceptors (Lipinski definition) is 1. The Morgan fingerprint density at radius 2 is 1.75 bits per heavy atom. The van der Waals surface area contributed by atoms with Gasteiger partial charge in [-0.15, -0.1) is 0 Å². The summed E-state index contributed by atoms with van der Waals surface area (Å²) in [5.74, 6) is -0.303. The monoisotopic (exact) mass is 211 g/mol. The van der Waals surface area contributed by atoms with E-state index in [0.717, 1.165) is 11.1 Å². The topological polar surface area (TPSA) is 23.8 Å². The molecule has 1 nitrogen and oxygen atoms in total. The minimum absolute atomic E-state index is 0.303. The average molecular weight is 211 g/mol. The van der Waals surface area contributed by atoms with E-state index in [0.29, 0.717) is 11.1 Å². The molecule has 0 aliphatic carbocycles. The highest BCUT2D eigenvalue weighted by Gasteiger charge is 2.05. The molecule has 0 aliphatic rings. The summed E-state index contributed by atoms with van der Waals surface area (Å²) in [5, 5.41) is 8.77. The molecular weight excluding hydrogens is 201 g/mol. The third-order valence-corrected chi connectivity index (χ3v) is 2.46. The highest BCUT2D eigenvalue weighted by atomic mass is 19.1. The summed E-state index contributed by atoms with van der Waals surface area (Å²) in [7, 11) is 0. The first-order valence-corrected chi connectivity index (χ1v) is 4.97. The van der Waals surface area contributed by atoms with Crippen LogP contribution in [-0.4, -0.2) is 0 Å². The molecule has 0 bridgehead atoms. The molecule has 0 amide bonds. The van der Waals surface area contributed by atoms with Crippen LogP contribution in [0.3, 0.4) is 0 Å². The van der Waals surface area contributed by atoms with Crippen LogP contribution in [0.15, 0.2) is 42.5 Å². The second kappa shape index (κ2) is 4.16. The first-order chi connectivity index (χ1) is 7.70. The molecule has 0 radical (unpaired) electrons. The van der Waals surface area contributed by atoms with Gasteiger partial charge in [0.2, 0.25) is 0 Å². The van der Waals surface area contributed by atoms with Crippen molar-refractivity contribution in [1.29, 1.82) is 5.26 Å². The molecule has 0 aromatic heterocycles. The lowest BCUT2D eigenvalue weighted by Gasteiger charge is -2.04. The molecule has 0 saturated carbocycles. The van der Waals surface area contributed by atoms with E-state index in [1.807, 2.05) is 37.3 Å². The Bertz CT molecular complexity index is 550. The summed E-state index contributed by atoms with van der Waals surface area (Å²) in [6, 6.07) is 13.9. The van der Waals surface area contributed by atoms with E-state index in [2.05, 4.69) is 0 Å². The summed E-state index contributed by atoms with van der Waals surface area (Å²) < 4.78 is 13.6. The van der Waals surface area contributed by atoms with Gasteiger partial charge in [0.15, 0.2) is 0 Å². The van der Waals surface area contributed by atoms with E-state index >= 15 is 0 Å². The summed E-state index contributed by atoms with van der Waals surface area (Å²) in [6.07, 6.45) is 0. The Kier molecular flexibility index (Phi) is 2.70. The van der Waals surface area contributed by atoms with Gasteiger partial charge in [-0.25, -0.2) is 4.39 Å². The third-order valence-electron chi connectivity index (χ3n) is 2.46. The number of nitriles is 1. The first kappa shape index (κ1) is 10.4. The Morgan fingerprint density at radius 1 is 1.06 bits per heavy atom. The average Bonchev–Trinajstić information content (AvgIpc) is 2.31. The van der Waals surface area contributed by atoms with Crippen molar-refractivity contribution in [3.8, 4) is 17.2 Å². The summed E-state index contributed by atoms with van der Waals surface area (Å²) in [5.41, 5.74) is 2.86. The molecule has 0 N–H and O–H groups in total. The zero-order valence-electron chi connectivity index (χ0n) is 8.87. The highest BCUT2D eigenvalue weighted by Crippen LogP contribution is 2.24. The lowest BCUT2D eigenvalue weighted by molar-refractivity contribution is 0.631. The maximum atomic E-state index is 13.6. The molecule has 0 heterocycles. The predicted molar refractivity (Wildman–Crippen MR) is 61.3 cm³/mol. The molecule has 0 spiro atoms. The van der Waals surface area contributed by atoms with Gasteiger partial charge in [0.25, 0.3) is 0 Å². The SMILES string of the molecule is Cc1ccc(-c2cc(C#N)ccc2F)cc1. The maximum absolute atomic E-state index is 13.6. The molecule has 0 aliphatic heterocycles. The van der Waals surface area contributed by atoms with Crippen molar-refractivity contribution < 1.29 is 4.39 Å². The fourth-order valence-electron chi connectivity index (χ4n) is 1.55. The van der Waals surface area contributed by atoms with Crippen molar-refractivity contribution >= 4 is 0 Å². The Hall–Kier alpha value is -2.14. The minimum atomic E-state index is -0.303. The van der Waals surface area contributed by atoms with Crippen LogP contribution in [0, 0.1) is 24.1 Å². The smallest absolute Gasteiger partial charge is 0.131 e. The van der Waals surface area contributed by atoms with Gasteiger partial charge in [-0.05, 0) is 30.7 Å². The number of aryl methyl sites for hydroxylation is 1. The zero-order valence-corrected chi connectivity index (χ0v) is 8.87. The lowest BCUT2D eigenvalue weighted by atomic mass is 10.0. The summed E-state index contributed by atoms with van der Waals surface area (Å²) in [6.45, 7) is 1.98. The maximum Gasteiger partial charge on any atom is 0.131 e. The normalized spacial score (nSPS) is 9.81. The van der Waals surface area contributed by atoms with Gasteiger partial charge >= 0.3 is 0 Å². The Balaban J connectivity index is 2.55. The highest BCUT2D eigenvalue weighted by molar-refractivity contribution is 5.66. The molecule has 2 rings (SSSR count). The number of hydrogen-bond donors (Lipinski definition) is 0. The molecule has 0 atom stereocenters. The van der Waals surface area contributed by atoms with E-state index in [-0.39, 0.29) is 5.82 Å². The van der Waals surface area contributed by atoms with Crippen LogP contribution in [0.2, 0.25) is 0 Å². The van der Waals surface area contributed by atoms with Gasteiger partial charge in [-0.1, -0.05) is 29.8 Å². The first-order valence-electron chi connectivity index (χ1n) is 4.97. The fourth-order valence-corrected chi connectivity index (χ4v) is 1.55. The van der Waals surface area contributed by atoms with Crippen LogP contribution in [0.25, 0.3) is 11.1 Å². The second-order valence-electron chi connectivity index (χ2n) is 3.67. The van der Waals surface area contributed by atoms with Crippen LogP contribution in [0.5, 0.6) is 0 Å². The van der Waals surface area contributed by atoms with Gasteiger partial charge in [-0.2, -0.15) is 5.26 Å². The lowest BCUT2D eigenvalue weighted by Crippen LogP contribution is -1.86. The molecular formula is C14H10FN. The van der Waals surface area contributed by atoms with Crippen molar-refractivity contribution in [3.05, 3.63) is 59.4 Å². The summed E-state index contributed by atoms with van der Waals surface area (Å²) >= 11 is 0. The molecule has 0 unspecified atom stereocenters. The van der Waals surface area contributed by atoms with E-state index in [9.17, 15) is 4.39 Å². The standard InChI is InChI=1S/C14H10FN/c1-10-2-5-12(6-3-10)13-8-11(9-16)4-7-14(13)15/h2-8H,1H3. The molecule has 2 aromatic rings. The fraction of sp³-hybridized carbons (Fsp3) is 0.0714. The van der Waals surface area contributed by atoms with Crippen molar-refractivity contribution in [2.75, 3.05) is 0 Å². The van der Waals surface area contributed by atoms with Gasteiger partial charge in [0.1, 0.15) is 5.82 Å². The predicted octanol–water partition coefficient (Wildman–Crippen LogP) is 3.67. The second-order valence-corrected chi connectivity index (χ2v) is 3.67. The Labute approximate surface area is 93.8 Å². The summed E-state index contributed by atoms with van der Waals surface area (Å²) in [4.78, 5) is 0. The van der Waals surface area contributed by atoms with Gasteiger partial charge < -0.3 is 0 Å². The van der Waals surface area contributed by atoms with Crippen LogP contribution in [0.4, 0.5) is 4.39 Å². The van der Waals surface area contributed by atoms with Crippen molar-refractivity contribution in [1.82, 2.24) is 0 Å². The van der Waals surface area contributed by atoms with E-state index in [1.165, 1.54) is 12.1 Å². The van der Waals surface area contributed by atoms with Crippen LogP contribution in [0.1, 0.15) is 11.1 Å². The number of halogens is 1. The van der Waals surface area contributed by atoms with E-state index in [1.54, 1.807) is 6.07 Å². The largest absolute Gasteiger partial charge is 0.206 e. The van der Waals surface area contributed by atoms with Crippen molar-refractivity contribution in [2.45, 2.75) is 6.92 Å². The zero-order chi connectivity index (χ0) is 11.5. The van der Waals surface area contributed by atoms with E-state index < -0.39 is 0 Å². The van der Waals surface area contributed by atoms with Gasteiger partial charge in [0.05, 0.1) is 11.6 Å². The quantitative estimate of drug-likeness (QED) is 0.706. The number of rotatable bonds is 1. The number of nitrogens with zero attached hydrogens (tertiary/aromatic N) is 1. The van der Waals surface area contributed by atoms with Gasteiger partial charge in [0, 0.05) is 5.56 Å². The number of benzene rings is 2. The van der Waals surface area contributed by atoms with Crippen molar-refractivity contribution in [2.24, 2.45) is 0 Å². The minimum Gasteiger partial charge on any atom is -0.206 e. The molecule has 0 saturated heterocycles. The van der Waals surface area contributed by atoms with Crippen LogP contribution >= 0.6 is 0 Å². The Morgan fingerprint density at radius 3 is 2.38 bits per heavy atom. The van der Waals surface area contributed by atoms with Crippen LogP contribution in [-0.2, 0) is 0 Å².